The highest BCUT2D eigenvalue weighted by molar-refractivity contribution is 5.41. The summed E-state index contributed by atoms with van der Waals surface area (Å²) in [5.41, 5.74) is 3.45. The van der Waals surface area contributed by atoms with Gasteiger partial charge in [0, 0.05) is 24.2 Å². The van der Waals surface area contributed by atoms with Crippen molar-refractivity contribution in [2.45, 2.75) is 12.5 Å². The summed E-state index contributed by atoms with van der Waals surface area (Å²) >= 11 is 0. The second kappa shape index (κ2) is 4.22. The summed E-state index contributed by atoms with van der Waals surface area (Å²) < 4.78 is 5.41. The molecule has 0 aliphatic carbocycles. The van der Waals surface area contributed by atoms with Gasteiger partial charge < -0.3 is 15.0 Å². The monoisotopic (exact) mass is 229 g/mol. The van der Waals surface area contributed by atoms with Gasteiger partial charge in [-0.3, -0.25) is 0 Å². The van der Waals surface area contributed by atoms with Gasteiger partial charge in [0.2, 0.25) is 0 Å². The summed E-state index contributed by atoms with van der Waals surface area (Å²) in [6.07, 6.45) is 2.76. The maximum Gasteiger partial charge on any atom is 0.124 e. The smallest absolute Gasteiger partial charge is 0.124 e. The number of hydrogen-bond acceptors (Lipinski definition) is 3. The molecule has 0 unspecified atom stereocenters. The minimum atomic E-state index is 0.126. The van der Waals surface area contributed by atoms with Crippen LogP contribution in [0.4, 0.5) is 0 Å². The number of H-pyrrole nitrogens is 1. The molecule has 4 nitrogen and oxygen atoms in total. The van der Waals surface area contributed by atoms with E-state index >= 15 is 0 Å². The van der Waals surface area contributed by atoms with E-state index in [0.29, 0.717) is 0 Å². The van der Waals surface area contributed by atoms with Crippen molar-refractivity contribution in [1.82, 2.24) is 15.3 Å². The summed E-state index contributed by atoms with van der Waals surface area (Å²) in [6.45, 7) is 0.956. The van der Waals surface area contributed by atoms with Crippen molar-refractivity contribution in [2.75, 3.05) is 13.7 Å². The quantitative estimate of drug-likeness (QED) is 0.823. The zero-order valence-corrected chi connectivity index (χ0v) is 9.73. The van der Waals surface area contributed by atoms with Crippen LogP contribution in [0.5, 0.6) is 5.75 Å². The number of hydrogen-bond donors (Lipinski definition) is 2. The van der Waals surface area contributed by atoms with Gasteiger partial charge in [-0.1, -0.05) is 18.2 Å². The third-order valence-corrected chi connectivity index (χ3v) is 3.20. The van der Waals surface area contributed by atoms with E-state index in [9.17, 15) is 0 Å². The van der Waals surface area contributed by atoms with Crippen molar-refractivity contribution < 1.29 is 4.74 Å². The van der Waals surface area contributed by atoms with Crippen molar-refractivity contribution in [2.24, 2.45) is 0 Å². The van der Waals surface area contributed by atoms with E-state index in [1.807, 2.05) is 18.2 Å². The van der Waals surface area contributed by atoms with E-state index in [2.05, 4.69) is 21.4 Å². The molecule has 1 aliphatic rings. The number of benzene rings is 1. The predicted molar refractivity (Wildman–Crippen MR) is 65.1 cm³/mol. The summed E-state index contributed by atoms with van der Waals surface area (Å²) in [5.74, 6) is 0.904. The van der Waals surface area contributed by atoms with Crippen LogP contribution in [-0.4, -0.2) is 23.6 Å². The largest absolute Gasteiger partial charge is 0.496 e. The van der Waals surface area contributed by atoms with E-state index in [1.165, 1.54) is 5.69 Å². The average Bonchev–Trinajstić information content (AvgIpc) is 2.86. The van der Waals surface area contributed by atoms with Crippen LogP contribution in [0.3, 0.4) is 0 Å². The molecule has 4 heteroatoms. The molecule has 0 radical (unpaired) electrons. The van der Waals surface area contributed by atoms with Crippen LogP contribution >= 0.6 is 0 Å². The van der Waals surface area contributed by atoms with Gasteiger partial charge in [0.25, 0.3) is 0 Å². The van der Waals surface area contributed by atoms with E-state index in [-0.39, 0.29) is 6.04 Å². The number of ether oxygens (including phenoxy) is 1. The first kappa shape index (κ1) is 10.4. The molecule has 0 saturated heterocycles. The Morgan fingerprint density at radius 1 is 1.35 bits per heavy atom. The highest BCUT2D eigenvalue weighted by Gasteiger charge is 2.25. The predicted octanol–water partition coefficient (Wildman–Crippen LogP) is 1.65. The molecule has 0 fully saturated rings. The summed E-state index contributed by atoms with van der Waals surface area (Å²) in [4.78, 5) is 7.62. The van der Waals surface area contributed by atoms with E-state index in [0.717, 1.165) is 30.0 Å². The van der Waals surface area contributed by atoms with E-state index < -0.39 is 0 Å². The van der Waals surface area contributed by atoms with Crippen molar-refractivity contribution in [1.29, 1.82) is 0 Å². The molecule has 1 atom stereocenters. The molecule has 2 aromatic rings. The van der Waals surface area contributed by atoms with E-state index in [1.54, 1.807) is 13.4 Å². The van der Waals surface area contributed by atoms with Crippen molar-refractivity contribution in [3.63, 3.8) is 0 Å². The molecule has 0 amide bonds. The number of rotatable bonds is 2. The number of aromatic amines is 1. The van der Waals surface area contributed by atoms with Crippen LogP contribution in [0.1, 0.15) is 23.0 Å². The van der Waals surface area contributed by atoms with Crippen LogP contribution in [0.15, 0.2) is 30.6 Å². The molecule has 17 heavy (non-hydrogen) atoms. The fraction of sp³-hybridized carbons (Fsp3) is 0.308. The summed E-state index contributed by atoms with van der Waals surface area (Å²) in [5, 5.41) is 3.49. The highest BCUT2D eigenvalue weighted by Crippen LogP contribution is 2.31. The third kappa shape index (κ3) is 1.70. The number of nitrogens with zero attached hydrogens (tertiary/aromatic N) is 1. The van der Waals surface area contributed by atoms with Crippen molar-refractivity contribution >= 4 is 0 Å². The molecule has 0 spiro atoms. The number of aromatic nitrogens is 2. The number of nitrogens with one attached hydrogen (secondary N) is 2. The lowest BCUT2D eigenvalue weighted by atomic mass is 9.97. The number of imidazole rings is 1. The molecule has 88 valence electrons. The van der Waals surface area contributed by atoms with Gasteiger partial charge >= 0.3 is 0 Å². The van der Waals surface area contributed by atoms with E-state index in [4.69, 9.17) is 4.74 Å². The molecule has 1 aromatic carbocycles. The van der Waals surface area contributed by atoms with Gasteiger partial charge in [-0.15, -0.1) is 0 Å². The first-order valence-electron chi connectivity index (χ1n) is 5.78. The first-order chi connectivity index (χ1) is 8.40. The number of para-hydroxylation sites is 1. The van der Waals surface area contributed by atoms with Gasteiger partial charge in [0.05, 0.1) is 25.2 Å². The zero-order chi connectivity index (χ0) is 11.7. The Balaban J connectivity index is 2.06. The average molecular weight is 229 g/mol. The van der Waals surface area contributed by atoms with Crippen LogP contribution in [-0.2, 0) is 6.42 Å². The van der Waals surface area contributed by atoms with Gasteiger partial charge in [-0.2, -0.15) is 0 Å². The maximum absolute atomic E-state index is 5.41. The fourth-order valence-electron chi connectivity index (χ4n) is 2.38. The van der Waals surface area contributed by atoms with Crippen LogP contribution in [0, 0.1) is 0 Å². The molecule has 2 N–H and O–H groups in total. The van der Waals surface area contributed by atoms with Crippen molar-refractivity contribution in [3.8, 4) is 5.75 Å². The molecule has 1 aliphatic heterocycles. The third-order valence-electron chi connectivity index (χ3n) is 3.20. The lowest BCUT2D eigenvalue weighted by Gasteiger charge is -2.24. The Kier molecular flexibility index (Phi) is 2.57. The number of methoxy groups -OCH3 is 1. The minimum Gasteiger partial charge on any atom is -0.496 e. The highest BCUT2D eigenvalue weighted by atomic mass is 16.5. The zero-order valence-electron chi connectivity index (χ0n) is 9.73. The van der Waals surface area contributed by atoms with Gasteiger partial charge in [0.15, 0.2) is 0 Å². The van der Waals surface area contributed by atoms with Gasteiger partial charge in [0.1, 0.15) is 5.75 Å². The molecule has 0 bridgehead atoms. The second-order valence-electron chi connectivity index (χ2n) is 4.15. The van der Waals surface area contributed by atoms with Gasteiger partial charge in [-0.05, 0) is 6.07 Å². The van der Waals surface area contributed by atoms with Gasteiger partial charge in [-0.25, -0.2) is 4.98 Å². The Bertz CT molecular complexity index is 521. The molecule has 2 heterocycles. The normalized spacial score (nSPS) is 18.8. The van der Waals surface area contributed by atoms with Crippen molar-refractivity contribution in [3.05, 3.63) is 47.5 Å². The molecular formula is C13H15N3O. The Labute approximate surface area is 100 Å². The molecular weight excluding hydrogens is 214 g/mol. The fourth-order valence-corrected chi connectivity index (χ4v) is 2.38. The van der Waals surface area contributed by atoms with Crippen LogP contribution < -0.4 is 10.1 Å². The first-order valence-corrected chi connectivity index (χ1v) is 5.78. The SMILES string of the molecule is COc1ccccc1[C@@H]1NCCc2[nH]cnc21. The Hall–Kier alpha value is -1.81. The lowest BCUT2D eigenvalue weighted by molar-refractivity contribution is 0.401. The minimum absolute atomic E-state index is 0.126. The standard InChI is InChI=1S/C13H15N3O/c1-17-11-5-3-2-4-9(11)12-13-10(6-7-14-12)15-8-16-13/h2-5,8,12,14H,6-7H2,1H3,(H,15,16)/t12-/m0/s1. The van der Waals surface area contributed by atoms with Crippen LogP contribution in [0.2, 0.25) is 0 Å². The lowest BCUT2D eigenvalue weighted by Crippen LogP contribution is -2.30. The Morgan fingerprint density at radius 3 is 3.12 bits per heavy atom. The molecule has 0 saturated carbocycles. The Morgan fingerprint density at radius 2 is 2.24 bits per heavy atom. The summed E-state index contributed by atoms with van der Waals surface area (Å²) in [6, 6.07) is 8.20. The number of fused-ring (bicyclic) bond motifs is 1. The second-order valence-corrected chi connectivity index (χ2v) is 4.15. The van der Waals surface area contributed by atoms with Crippen LogP contribution in [0.25, 0.3) is 0 Å². The maximum atomic E-state index is 5.41. The topological polar surface area (TPSA) is 49.9 Å². The molecule has 1 aromatic heterocycles. The molecule has 3 rings (SSSR count). The summed E-state index contributed by atoms with van der Waals surface area (Å²) in [7, 11) is 1.70.